The van der Waals surface area contributed by atoms with Crippen LogP contribution in [0.4, 0.5) is 17.5 Å². The Hall–Kier alpha value is -4.07. The Bertz CT molecular complexity index is 1250. The largest absolute Gasteiger partial charge is 0.351 e. The normalized spacial score (nSPS) is 13.8. The molecule has 0 spiro atoms. The standard InChI is InChI=1S/C25H25N7O/c1-18(33)28-20-16-26-25(27-17-20)32-13-11-31(12-14-32)24-22-10-6-5-9-21(22)23(29-30-24)15-19-7-3-2-4-8-19/h2-10,16-17H,11-15H2,1H3,(H,28,33). The van der Waals surface area contributed by atoms with E-state index in [2.05, 4.69) is 83.8 Å². The van der Waals surface area contributed by atoms with Gasteiger partial charge < -0.3 is 15.1 Å². The highest BCUT2D eigenvalue weighted by molar-refractivity contribution is 5.93. The minimum atomic E-state index is -0.136. The van der Waals surface area contributed by atoms with Crippen LogP contribution in [0, 0.1) is 0 Å². The van der Waals surface area contributed by atoms with Crippen molar-refractivity contribution in [1.29, 1.82) is 0 Å². The first kappa shape index (κ1) is 20.8. The van der Waals surface area contributed by atoms with Crippen molar-refractivity contribution < 1.29 is 4.79 Å². The lowest BCUT2D eigenvalue weighted by Gasteiger charge is -2.35. The van der Waals surface area contributed by atoms with Gasteiger partial charge in [0.2, 0.25) is 11.9 Å². The van der Waals surface area contributed by atoms with Crippen LogP contribution in [0.15, 0.2) is 67.0 Å². The predicted molar refractivity (Wildman–Crippen MR) is 130 cm³/mol. The lowest BCUT2D eigenvalue weighted by Crippen LogP contribution is -2.47. The molecule has 33 heavy (non-hydrogen) atoms. The van der Waals surface area contributed by atoms with E-state index >= 15 is 0 Å². The summed E-state index contributed by atoms with van der Waals surface area (Å²) in [5.74, 6) is 1.45. The van der Waals surface area contributed by atoms with Crippen molar-refractivity contribution in [3.63, 3.8) is 0 Å². The third kappa shape index (κ3) is 4.59. The van der Waals surface area contributed by atoms with E-state index in [1.165, 1.54) is 12.5 Å². The predicted octanol–water partition coefficient (Wildman–Crippen LogP) is 3.30. The lowest BCUT2D eigenvalue weighted by molar-refractivity contribution is -0.114. The molecule has 1 N–H and O–H groups in total. The second-order valence-corrected chi connectivity index (χ2v) is 8.11. The van der Waals surface area contributed by atoms with Gasteiger partial charge in [0.25, 0.3) is 0 Å². The van der Waals surface area contributed by atoms with Gasteiger partial charge in [0.15, 0.2) is 5.82 Å². The number of carbonyl (C=O) groups excluding carboxylic acids is 1. The van der Waals surface area contributed by atoms with Crippen molar-refractivity contribution in [2.75, 3.05) is 41.3 Å². The molecule has 0 aliphatic carbocycles. The van der Waals surface area contributed by atoms with Crippen molar-refractivity contribution in [3.8, 4) is 0 Å². The molecule has 0 unspecified atom stereocenters. The molecule has 5 rings (SSSR count). The average molecular weight is 440 g/mol. The third-order valence-corrected chi connectivity index (χ3v) is 5.78. The summed E-state index contributed by atoms with van der Waals surface area (Å²) in [6.45, 7) is 4.62. The molecule has 0 saturated carbocycles. The Balaban J connectivity index is 1.32. The van der Waals surface area contributed by atoms with Crippen LogP contribution in [0.1, 0.15) is 18.2 Å². The molecular formula is C25H25N7O. The van der Waals surface area contributed by atoms with Crippen LogP contribution >= 0.6 is 0 Å². The Kier molecular flexibility index (Phi) is 5.80. The molecule has 4 aromatic rings. The van der Waals surface area contributed by atoms with Crippen LogP contribution in [0.2, 0.25) is 0 Å². The van der Waals surface area contributed by atoms with Crippen molar-refractivity contribution >= 4 is 34.1 Å². The number of fused-ring (bicyclic) bond motifs is 1. The number of amides is 1. The smallest absolute Gasteiger partial charge is 0.225 e. The van der Waals surface area contributed by atoms with Crippen LogP contribution in [0.25, 0.3) is 10.8 Å². The Morgan fingerprint density at radius 3 is 2.18 bits per heavy atom. The lowest BCUT2D eigenvalue weighted by atomic mass is 10.0. The summed E-state index contributed by atoms with van der Waals surface area (Å²) in [5, 5.41) is 14.2. The van der Waals surface area contributed by atoms with Crippen LogP contribution in [-0.2, 0) is 11.2 Å². The molecule has 3 heterocycles. The molecule has 8 nitrogen and oxygen atoms in total. The van der Waals surface area contributed by atoms with Crippen molar-refractivity contribution in [2.24, 2.45) is 0 Å². The number of nitrogens with one attached hydrogen (secondary N) is 1. The summed E-state index contributed by atoms with van der Waals surface area (Å²) < 4.78 is 0. The minimum Gasteiger partial charge on any atom is -0.351 e. The zero-order chi connectivity index (χ0) is 22.6. The number of carbonyl (C=O) groups is 1. The molecule has 1 saturated heterocycles. The van der Waals surface area contributed by atoms with Crippen LogP contribution in [-0.4, -0.2) is 52.3 Å². The van der Waals surface area contributed by atoms with Gasteiger partial charge in [-0.05, 0) is 5.56 Å². The van der Waals surface area contributed by atoms with Gasteiger partial charge in [-0.3, -0.25) is 4.79 Å². The monoisotopic (exact) mass is 439 g/mol. The highest BCUT2D eigenvalue weighted by atomic mass is 16.1. The number of aromatic nitrogens is 4. The molecule has 2 aromatic heterocycles. The van der Waals surface area contributed by atoms with Gasteiger partial charge >= 0.3 is 0 Å². The maximum atomic E-state index is 11.2. The first-order valence-electron chi connectivity index (χ1n) is 11.0. The van der Waals surface area contributed by atoms with Crippen molar-refractivity contribution in [2.45, 2.75) is 13.3 Å². The number of rotatable bonds is 5. The number of hydrogen-bond acceptors (Lipinski definition) is 7. The van der Waals surface area contributed by atoms with Gasteiger partial charge in [-0.15, -0.1) is 5.10 Å². The van der Waals surface area contributed by atoms with E-state index in [0.29, 0.717) is 11.6 Å². The first-order chi connectivity index (χ1) is 16.2. The van der Waals surface area contributed by atoms with E-state index in [-0.39, 0.29) is 5.91 Å². The average Bonchev–Trinajstić information content (AvgIpc) is 2.85. The number of piperazine rings is 1. The van der Waals surface area contributed by atoms with E-state index in [0.717, 1.165) is 54.9 Å². The Labute approximate surface area is 192 Å². The maximum absolute atomic E-state index is 11.2. The second kappa shape index (κ2) is 9.20. The number of nitrogens with zero attached hydrogens (tertiary/aromatic N) is 6. The summed E-state index contributed by atoms with van der Waals surface area (Å²) in [6.07, 6.45) is 4.04. The summed E-state index contributed by atoms with van der Waals surface area (Å²) in [5.41, 5.74) is 2.82. The molecule has 1 amide bonds. The first-order valence-corrected chi connectivity index (χ1v) is 11.0. The van der Waals surface area contributed by atoms with E-state index in [9.17, 15) is 4.79 Å². The summed E-state index contributed by atoms with van der Waals surface area (Å²) >= 11 is 0. The fourth-order valence-electron chi connectivity index (χ4n) is 4.17. The Morgan fingerprint density at radius 1 is 0.848 bits per heavy atom. The van der Waals surface area contributed by atoms with Gasteiger partial charge in [0.05, 0.1) is 23.8 Å². The maximum Gasteiger partial charge on any atom is 0.225 e. The SMILES string of the molecule is CC(=O)Nc1cnc(N2CCN(c3nnc(Cc4ccccc4)c4ccccc34)CC2)nc1. The molecule has 166 valence electrons. The fraction of sp³-hybridized carbons (Fsp3) is 0.240. The topological polar surface area (TPSA) is 87.1 Å². The number of benzene rings is 2. The van der Waals surface area contributed by atoms with E-state index < -0.39 is 0 Å². The molecule has 0 bridgehead atoms. The molecule has 8 heteroatoms. The van der Waals surface area contributed by atoms with E-state index in [4.69, 9.17) is 0 Å². The van der Waals surface area contributed by atoms with Gasteiger partial charge in [0, 0.05) is 50.3 Å². The zero-order valence-corrected chi connectivity index (χ0v) is 18.5. The van der Waals surface area contributed by atoms with Crippen LogP contribution in [0.3, 0.4) is 0 Å². The number of anilines is 3. The van der Waals surface area contributed by atoms with E-state index in [1.807, 2.05) is 6.07 Å². The molecule has 2 aromatic carbocycles. The van der Waals surface area contributed by atoms with Gasteiger partial charge in [-0.1, -0.05) is 54.6 Å². The quantitative estimate of drug-likeness (QED) is 0.511. The van der Waals surface area contributed by atoms with E-state index in [1.54, 1.807) is 12.4 Å². The molecule has 0 radical (unpaired) electrons. The molecule has 0 atom stereocenters. The summed E-state index contributed by atoms with van der Waals surface area (Å²) in [7, 11) is 0. The summed E-state index contributed by atoms with van der Waals surface area (Å²) in [4.78, 5) is 24.4. The molecule has 1 fully saturated rings. The van der Waals surface area contributed by atoms with Crippen molar-refractivity contribution in [3.05, 3.63) is 78.2 Å². The van der Waals surface area contributed by atoms with Crippen LogP contribution in [0.5, 0.6) is 0 Å². The minimum absolute atomic E-state index is 0.136. The third-order valence-electron chi connectivity index (χ3n) is 5.78. The number of hydrogen-bond donors (Lipinski definition) is 1. The molecule has 1 aliphatic rings. The van der Waals surface area contributed by atoms with Crippen LogP contribution < -0.4 is 15.1 Å². The van der Waals surface area contributed by atoms with Gasteiger partial charge in [0.1, 0.15) is 0 Å². The fourth-order valence-corrected chi connectivity index (χ4v) is 4.17. The molecular weight excluding hydrogens is 414 g/mol. The summed E-state index contributed by atoms with van der Waals surface area (Å²) in [6, 6.07) is 18.7. The van der Waals surface area contributed by atoms with Gasteiger partial charge in [-0.2, -0.15) is 5.10 Å². The second-order valence-electron chi connectivity index (χ2n) is 8.11. The molecule has 1 aliphatic heterocycles. The zero-order valence-electron chi connectivity index (χ0n) is 18.5. The highest BCUT2D eigenvalue weighted by Crippen LogP contribution is 2.28. The van der Waals surface area contributed by atoms with Crippen molar-refractivity contribution in [1.82, 2.24) is 20.2 Å². The van der Waals surface area contributed by atoms with Gasteiger partial charge in [-0.25, -0.2) is 9.97 Å². The highest BCUT2D eigenvalue weighted by Gasteiger charge is 2.22. The Morgan fingerprint density at radius 2 is 1.48 bits per heavy atom.